The van der Waals surface area contributed by atoms with Crippen LogP contribution in [0.1, 0.15) is 10.4 Å². The number of aromatic nitrogens is 2. The van der Waals surface area contributed by atoms with Crippen molar-refractivity contribution in [3.8, 4) is 5.75 Å². The molecule has 2 heterocycles. The number of fused-ring (bicyclic) bond motifs is 1. The Morgan fingerprint density at radius 2 is 2.10 bits per heavy atom. The van der Waals surface area contributed by atoms with Gasteiger partial charge in [-0.2, -0.15) is 4.37 Å². The van der Waals surface area contributed by atoms with Gasteiger partial charge in [-0.3, -0.25) is 0 Å². The van der Waals surface area contributed by atoms with Crippen molar-refractivity contribution in [1.82, 2.24) is 9.36 Å². The average Bonchev–Trinajstić information content (AvgIpc) is 2.89. The summed E-state index contributed by atoms with van der Waals surface area (Å²) in [5.41, 5.74) is 0.700. The Bertz CT molecular complexity index is 859. The van der Waals surface area contributed by atoms with Gasteiger partial charge in [-0.15, -0.1) is 10.2 Å². The van der Waals surface area contributed by atoms with E-state index in [-0.39, 0.29) is 11.3 Å². The maximum absolute atomic E-state index is 10.9. The minimum atomic E-state index is -1.23. The summed E-state index contributed by atoms with van der Waals surface area (Å²) in [4.78, 5) is 15.0. The van der Waals surface area contributed by atoms with Crippen LogP contribution in [0.2, 0.25) is 0 Å². The van der Waals surface area contributed by atoms with E-state index in [4.69, 9.17) is 5.11 Å². The van der Waals surface area contributed by atoms with Gasteiger partial charge in [-0.05, 0) is 41.9 Å². The van der Waals surface area contributed by atoms with Gasteiger partial charge in [0.1, 0.15) is 11.3 Å². The maximum Gasteiger partial charge on any atom is 0.339 e. The highest BCUT2D eigenvalue weighted by molar-refractivity contribution is 7.11. The van der Waals surface area contributed by atoms with Crippen LogP contribution in [0.25, 0.3) is 11.0 Å². The number of azo groups is 1. The molecule has 0 atom stereocenters. The number of aromatic carboxylic acids is 1. The van der Waals surface area contributed by atoms with Crippen LogP contribution in [0.5, 0.6) is 5.75 Å². The second kappa shape index (κ2) is 5.25. The van der Waals surface area contributed by atoms with E-state index in [9.17, 15) is 9.90 Å². The number of hydrogen-bond acceptors (Lipinski definition) is 7. The molecule has 8 heteroatoms. The Labute approximate surface area is 122 Å². The van der Waals surface area contributed by atoms with Crippen molar-refractivity contribution >= 4 is 39.2 Å². The molecule has 0 saturated heterocycles. The molecule has 0 spiro atoms. The third kappa shape index (κ3) is 2.56. The molecule has 0 saturated carbocycles. The Kier molecular flexibility index (Phi) is 3.28. The monoisotopic (exact) mass is 300 g/mol. The number of carboxylic acids is 1. The highest BCUT2D eigenvalue weighted by atomic mass is 32.1. The summed E-state index contributed by atoms with van der Waals surface area (Å²) in [6, 6.07) is 7.61. The Hall–Kier alpha value is -2.87. The summed E-state index contributed by atoms with van der Waals surface area (Å²) >= 11 is 1.16. The number of hydrogen-bond donors (Lipinski definition) is 2. The fourth-order valence-electron chi connectivity index (χ4n) is 1.71. The van der Waals surface area contributed by atoms with Crippen LogP contribution in [-0.4, -0.2) is 25.5 Å². The first kappa shape index (κ1) is 13.1. The van der Waals surface area contributed by atoms with E-state index in [1.54, 1.807) is 12.3 Å². The van der Waals surface area contributed by atoms with Crippen LogP contribution >= 0.6 is 11.5 Å². The van der Waals surface area contributed by atoms with Gasteiger partial charge in [0.25, 0.3) is 0 Å². The standard InChI is InChI=1S/C13H8N4O3S/c18-10-4-3-7(6-9(10)13(19)20)15-16-12-8-2-1-5-14-11(8)17-21-12/h1-6,18H,(H,19,20)/b16-15+. The molecule has 2 aromatic heterocycles. The predicted octanol–water partition coefficient (Wildman–Crippen LogP) is 3.51. The topological polar surface area (TPSA) is 108 Å². The number of aromatic hydroxyl groups is 1. The van der Waals surface area contributed by atoms with E-state index in [2.05, 4.69) is 19.6 Å². The first-order chi connectivity index (χ1) is 10.1. The molecule has 0 aliphatic heterocycles. The zero-order valence-electron chi connectivity index (χ0n) is 10.5. The lowest BCUT2D eigenvalue weighted by atomic mass is 10.2. The second-order valence-corrected chi connectivity index (χ2v) is 4.82. The highest BCUT2D eigenvalue weighted by Crippen LogP contribution is 2.31. The summed E-state index contributed by atoms with van der Waals surface area (Å²) in [5, 5.41) is 27.8. The zero-order chi connectivity index (χ0) is 14.8. The van der Waals surface area contributed by atoms with Gasteiger partial charge < -0.3 is 10.2 Å². The van der Waals surface area contributed by atoms with Crippen molar-refractivity contribution in [3.63, 3.8) is 0 Å². The van der Waals surface area contributed by atoms with Crippen molar-refractivity contribution in [3.05, 3.63) is 42.1 Å². The first-order valence-electron chi connectivity index (χ1n) is 5.83. The molecule has 0 unspecified atom stereocenters. The molecular formula is C13H8N4O3S. The number of carboxylic acid groups (broad SMARTS) is 1. The lowest BCUT2D eigenvalue weighted by molar-refractivity contribution is 0.0694. The van der Waals surface area contributed by atoms with E-state index >= 15 is 0 Å². The smallest absolute Gasteiger partial charge is 0.339 e. The fraction of sp³-hybridized carbons (Fsp3) is 0. The van der Waals surface area contributed by atoms with Crippen molar-refractivity contribution in [2.75, 3.05) is 0 Å². The molecule has 2 N–H and O–H groups in total. The molecule has 1 aromatic carbocycles. The van der Waals surface area contributed by atoms with Crippen LogP contribution in [0.4, 0.5) is 10.7 Å². The number of carbonyl (C=O) groups is 1. The van der Waals surface area contributed by atoms with Crippen molar-refractivity contribution in [2.45, 2.75) is 0 Å². The molecular weight excluding hydrogens is 292 g/mol. The molecule has 3 aromatic rings. The maximum atomic E-state index is 10.9. The SMILES string of the molecule is O=C(O)c1cc(/N=N/c2snc3ncccc23)ccc1O. The summed E-state index contributed by atoms with van der Waals surface area (Å²) < 4.78 is 4.13. The molecule has 0 fully saturated rings. The van der Waals surface area contributed by atoms with Crippen molar-refractivity contribution < 1.29 is 15.0 Å². The number of nitrogens with zero attached hydrogens (tertiary/aromatic N) is 4. The third-order valence-corrected chi connectivity index (χ3v) is 3.44. The fourth-order valence-corrected chi connectivity index (χ4v) is 2.36. The normalized spacial score (nSPS) is 11.2. The van der Waals surface area contributed by atoms with Crippen LogP contribution in [0.3, 0.4) is 0 Å². The van der Waals surface area contributed by atoms with Crippen molar-refractivity contribution in [1.29, 1.82) is 0 Å². The number of rotatable bonds is 3. The molecule has 0 amide bonds. The first-order valence-corrected chi connectivity index (χ1v) is 6.61. The van der Waals surface area contributed by atoms with E-state index in [0.717, 1.165) is 16.9 Å². The summed E-state index contributed by atoms with van der Waals surface area (Å²) in [5.74, 6) is -1.54. The lowest BCUT2D eigenvalue weighted by Crippen LogP contribution is -1.95. The molecule has 104 valence electrons. The molecule has 21 heavy (non-hydrogen) atoms. The van der Waals surface area contributed by atoms with Crippen LogP contribution in [-0.2, 0) is 0 Å². The van der Waals surface area contributed by atoms with Gasteiger partial charge in [0.15, 0.2) is 10.6 Å². The number of benzene rings is 1. The van der Waals surface area contributed by atoms with Gasteiger partial charge >= 0.3 is 5.97 Å². The molecule has 0 aliphatic rings. The van der Waals surface area contributed by atoms with Crippen LogP contribution in [0.15, 0.2) is 46.8 Å². The van der Waals surface area contributed by atoms with E-state index < -0.39 is 5.97 Å². The van der Waals surface area contributed by atoms with Gasteiger partial charge in [-0.1, -0.05) is 0 Å². The van der Waals surface area contributed by atoms with Crippen LogP contribution in [0, 0.1) is 0 Å². The number of pyridine rings is 1. The Morgan fingerprint density at radius 3 is 2.90 bits per heavy atom. The van der Waals surface area contributed by atoms with E-state index in [1.807, 2.05) is 6.07 Å². The summed E-state index contributed by atoms with van der Waals surface area (Å²) in [6.07, 6.45) is 1.64. The lowest BCUT2D eigenvalue weighted by Gasteiger charge is -1.99. The molecule has 0 radical (unpaired) electrons. The minimum Gasteiger partial charge on any atom is -0.507 e. The average molecular weight is 300 g/mol. The van der Waals surface area contributed by atoms with Crippen LogP contribution < -0.4 is 0 Å². The zero-order valence-corrected chi connectivity index (χ0v) is 11.3. The second-order valence-electron chi connectivity index (χ2n) is 4.07. The largest absolute Gasteiger partial charge is 0.507 e. The summed E-state index contributed by atoms with van der Waals surface area (Å²) in [7, 11) is 0. The van der Waals surface area contributed by atoms with Crippen molar-refractivity contribution in [2.24, 2.45) is 10.2 Å². The van der Waals surface area contributed by atoms with Gasteiger partial charge in [-0.25, -0.2) is 9.78 Å². The van der Waals surface area contributed by atoms with Gasteiger partial charge in [0.05, 0.1) is 11.1 Å². The highest BCUT2D eigenvalue weighted by Gasteiger charge is 2.10. The minimum absolute atomic E-state index is 0.220. The third-order valence-electron chi connectivity index (χ3n) is 2.70. The molecule has 3 rings (SSSR count). The number of phenols is 1. The molecule has 7 nitrogen and oxygen atoms in total. The Morgan fingerprint density at radius 1 is 1.24 bits per heavy atom. The van der Waals surface area contributed by atoms with E-state index in [0.29, 0.717) is 16.3 Å². The van der Waals surface area contributed by atoms with Gasteiger partial charge in [0, 0.05) is 6.20 Å². The predicted molar refractivity (Wildman–Crippen MR) is 76.7 cm³/mol. The van der Waals surface area contributed by atoms with E-state index in [1.165, 1.54) is 18.2 Å². The quantitative estimate of drug-likeness (QED) is 0.719. The summed E-state index contributed by atoms with van der Waals surface area (Å²) in [6.45, 7) is 0. The Balaban J connectivity index is 1.96. The van der Waals surface area contributed by atoms with Gasteiger partial charge in [0.2, 0.25) is 0 Å². The molecule has 0 bridgehead atoms. The molecule has 0 aliphatic carbocycles.